The normalized spacial score (nSPS) is 14.2. The van der Waals surface area contributed by atoms with Gasteiger partial charge in [0.05, 0.1) is 76.5 Å². The first-order valence-corrected chi connectivity index (χ1v) is 25.5. The number of carbonyl (C=O) groups excluding carboxylic acids is 3. The molecular formula is C43H76N9O14S2+. The zero-order valence-electron chi connectivity index (χ0n) is 38.8. The van der Waals surface area contributed by atoms with E-state index in [0.29, 0.717) is 71.4 Å². The average Bonchev–Trinajstić information content (AvgIpc) is 3.34. The molecule has 15 N–H and O–H groups in total. The van der Waals surface area contributed by atoms with Crippen LogP contribution in [0.2, 0.25) is 0 Å². The highest BCUT2D eigenvalue weighted by Crippen LogP contribution is 2.25. The Bertz CT molecular complexity index is 1730. The van der Waals surface area contributed by atoms with Crippen molar-refractivity contribution >= 4 is 39.5 Å². The second-order valence-corrected chi connectivity index (χ2v) is 18.5. The van der Waals surface area contributed by atoms with Gasteiger partial charge in [-0.25, -0.2) is 27.5 Å². The Morgan fingerprint density at radius 1 is 0.618 bits per heavy atom. The molecule has 2 aromatic rings. The molecule has 68 heavy (non-hydrogen) atoms. The van der Waals surface area contributed by atoms with Gasteiger partial charge in [-0.2, -0.15) is 4.55 Å². The Balaban J connectivity index is 1.73. The molecule has 0 saturated carbocycles. The van der Waals surface area contributed by atoms with E-state index in [-0.39, 0.29) is 77.1 Å². The van der Waals surface area contributed by atoms with Gasteiger partial charge in [0.15, 0.2) is 0 Å². The molecular weight excluding hydrogens is 931 g/mol. The highest BCUT2D eigenvalue weighted by Gasteiger charge is 2.32. The van der Waals surface area contributed by atoms with E-state index in [0.717, 1.165) is 4.90 Å². The zero-order valence-corrected chi connectivity index (χ0v) is 40.4. The Morgan fingerprint density at radius 3 is 1.63 bits per heavy atom. The second-order valence-electron chi connectivity index (χ2n) is 15.4. The van der Waals surface area contributed by atoms with Gasteiger partial charge >= 0.3 is 18.1 Å². The Kier molecular flexibility index (Phi) is 32.7. The maximum Gasteiger partial charge on any atom is 0.315 e. The summed E-state index contributed by atoms with van der Waals surface area (Å²) in [6.07, 6.45) is -1.99. The molecule has 0 aliphatic rings. The lowest BCUT2D eigenvalue weighted by atomic mass is 9.83. The number of hydrogen-bond acceptors (Lipinski definition) is 16. The number of aliphatic hydroxyl groups excluding tert-OH is 4. The molecule has 2 aromatic carbocycles. The highest BCUT2D eigenvalue weighted by molar-refractivity contribution is 7.89. The molecule has 0 aliphatic carbocycles. The molecule has 0 spiro atoms. The van der Waals surface area contributed by atoms with Crippen LogP contribution in [0.4, 0.5) is 14.4 Å². The predicted molar refractivity (Wildman–Crippen MR) is 256 cm³/mol. The second kappa shape index (κ2) is 37.0. The number of nitrogens with one attached hydrogen (secondary N) is 8. The van der Waals surface area contributed by atoms with Crippen molar-refractivity contribution in [2.75, 3.05) is 112 Å². The first-order chi connectivity index (χ1) is 32.8. The monoisotopic (exact) mass is 1010 g/mol. The molecule has 0 radical (unpaired) electrons. The fourth-order valence-electron chi connectivity index (χ4n) is 6.44. The van der Waals surface area contributed by atoms with Crippen LogP contribution in [0.5, 0.6) is 0 Å². The van der Waals surface area contributed by atoms with E-state index in [9.17, 15) is 42.7 Å². The van der Waals surface area contributed by atoms with E-state index < -0.39 is 76.5 Å². The van der Waals surface area contributed by atoms with Crippen molar-refractivity contribution in [3.63, 3.8) is 0 Å². The van der Waals surface area contributed by atoms with E-state index >= 15 is 0 Å². The molecule has 6 amide bonds. The summed E-state index contributed by atoms with van der Waals surface area (Å²) in [5.74, 6) is 0. The molecule has 0 saturated heterocycles. The lowest BCUT2D eigenvalue weighted by Gasteiger charge is -2.36. The van der Waals surface area contributed by atoms with E-state index in [1.54, 1.807) is 18.2 Å². The lowest BCUT2D eigenvalue weighted by molar-refractivity contribution is -0.0635. The van der Waals surface area contributed by atoms with Gasteiger partial charge in [0.1, 0.15) is 6.10 Å². The quantitative estimate of drug-likeness (QED) is 0.0284. The molecule has 5 atom stereocenters. The van der Waals surface area contributed by atoms with Crippen LogP contribution in [0.1, 0.15) is 44.9 Å². The number of nitrogens with two attached hydrogens (primary N) is 1. The Morgan fingerprint density at radius 2 is 1.10 bits per heavy atom. The number of urea groups is 3. The fraction of sp³-hybridized carbons (Fsp3) is 0.651. The minimum Gasteiger partial charge on any atom is -0.396 e. The van der Waals surface area contributed by atoms with Gasteiger partial charge in [-0.1, -0.05) is 36.4 Å². The van der Waals surface area contributed by atoms with Gasteiger partial charge in [-0.05, 0) is 75.8 Å². The number of carbonyl (C=O) groups is 3. The Labute approximate surface area is 403 Å². The summed E-state index contributed by atoms with van der Waals surface area (Å²) >= 11 is -1.06. The van der Waals surface area contributed by atoms with E-state index in [4.69, 9.17) is 29.8 Å². The van der Waals surface area contributed by atoms with Gasteiger partial charge in [-0.3, -0.25) is 0 Å². The molecule has 0 fully saturated rings. The van der Waals surface area contributed by atoms with Crippen LogP contribution in [-0.4, -0.2) is 187 Å². The minimum atomic E-state index is -3.61. The highest BCUT2D eigenvalue weighted by atomic mass is 32.2. The minimum absolute atomic E-state index is 0.0973. The fourth-order valence-corrected chi connectivity index (χ4v) is 8.33. The first-order valence-electron chi connectivity index (χ1n) is 22.8. The summed E-state index contributed by atoms with van der Waals surface area (Å²) in [6, 6.07) is 15.8. The van der Waals surface area contributed by atoms with Crippen LogP contribution < -0.4 is 47.1 Å². The molecule has 0 aliphatic heterocycles. The van der Waals surface area contributed by atoms with Gasteiger partial charge in [0, 0.05) is 51.4 Å². The summed E-state index contributed by atoms with van der Waals surface area (Å²) < 4.78 is 62.1. The predicted octanol–water partition coefficient (Wildman–Crippen LogP) is -0.913. The van der Waals surface area contributed by atoms with Crippen LogP contribution in [0.15, 0.2) is 70.5 Å². The molecule has 23 nitrogen and oxygen atoms in total. The van der Waals surface area contributed by atoms with E-state index in [2.05, 4.69) is 41.3 Å². The number of sulfonamides is 1. The molecule has 0 aromatic heterocycles. The topological polar surface area (TPSA) is 346 Å². The Hall–Kier alpha value is -3.93. The van der Waals surface area contributed by atoms with E-state index in [1.165, 1.54) is 12.1 Å². The SMILES string of the molecule is NCCCC(CCCNC(=O)NCCOCCOCCN[S+](O)c1ccccc1)(CCCNC(=O)NCCOCCOCCNS(=O)(=O)c1ccccc1)NC(=O)NC[C@H](O)[C@@H](O)[C@H](O)CCO. The van der Waals surface area contributed by atoms with Crippen LogP contribution in [0.3, 0.4) is 0 Å². The van der Waals surface area contributed by atoms with Crippen molar-refractivity contribution in [1.82, 2.24) is 41.3 Å². The molecule has 2 rings (SSSR count). The van der Waals surface area contributed by atoms with Crippen molar-refractivity contribution in [3.05, 3.63) is 60.7 Å². The molecule has 2 unspecified atom stereocenters. The smallest absolute Gasteiger partial charge is 0.315 e. The molecule has 25 heteroatoms. The van der Waals surface area contributed by atoms with Gasteiger partial charge in [0.2, 0.25) is 14.9 Å². The lowest BCUT2D eigenvalue weighted by Crippen LogP contribution is -2.55. The number of hydrogen-bond donors (Lipinski definition) is 14. The first kappa shape index (κ1) is 60.2. The number of ether oxygens (including phenoxy) is 4. The largest absolute Gasteiger partial charge is 0.396 e. The van der Waals surface area contributed by atoms with Gasteiger partial charge in [0.25, 0.3) is 11.4 Å². The number of rotatable bonds is 40. The zero-order chi connectivity index (χ0) is 49.7. The molecule has 388 valence electrons. The summed E-state index contributed by atoms with van der Waals surface area (Å²) in [7, 11) is -3.61. The molecule has 0 heterocycles. The third-order valence-corrected chi connectivity index (χ3v) is 12.7. The maximum absolute atomic E-state index is 13.2. The van der Waals surface area contributed by atoms with Gasteiger partial charge < -0.3 is 77.0 Å². The third kappa shape index (κ3) is 27.9. The van der Waals surface area contributed by atoms with E-state index in [1.807, 2.05) is 30.3 Å². The van der Waals surface area contributed by atoms with Gasteiger partial charge in [-0.15, -0.1) is 4.72 Å². The van der Waals surface area contributed by atoms with Crippen LogP contribution in [-0.2, 0) is 40.3 Å². The van der Waals surface area contributed by atoms with Crippen molar-refractivity contribution in [2.24, 2.45) is 5.73 Å². The van der Waals surface area contributed by atoms with Crippen molar-refractivity contribution in [2.45, 2.75) is 78.6 Å². The van der Waals surface area contributed by atoms with Crippen LogP contribution >= 0.6 is 0 Å². The summed E-state index contributed by atoms with van der Waals surface area (Å²) in [5, 5.41) is 56.1. The molecule has 0 bridgehead atoms. The third-order valence-electron chi connectivity index (χ3n) is 10.0. The van der Waals surface area contributed by atoms with Crippen molar-refractivity contribution < 1.29 is 66.7 Å². The summed E-state index contributed by atoms with van der Waals surface area (Å²) in [5.41, 5.74) is 5.03. The standard InChI is InChI=1S/C43H75N9O14S2/c44-18-7-15-43(52-42(59)49-34-38(55)39(56)37(54)14-25-53,16-8-19-45-40(57)47-21-26-63-30-32-65-28-23-50-67(60)35-10-3-1-4-11-35)17-9-20-46-41(58)48-22-27-64-31-33-66-29-24-51-68(61,62)36-12-5-2-6-13-36/h1-6,10-13,37-39,50-51,53-56,60H,7-9,14-34,44H2,(H5-,45,46,47,48,49,52,57,58,59)/p+1/t37-,38+,39+,43?,67?/m1/s1. The number of amides is 6. The maximum atomic E-state index is 13.2. The number of benzene rings is 2. The summed E-state index contributed by atoms with van der Waals surface area (Å²) in [4.78, 5) is 39.2. The van der Waals surface area contributed by atoms with Crippen LogP contribution in [0.25, 0.3) is 0 Å². The average molecular weight is 1010 g/mol. The van der Waals surface area contributed by atoms with Crippen molar-refractivity contribution in [3.8, 4) is 0 Å². The van der Waals surface area contributed by atoms with Crippen LogP contribution in [0, 0.1) is 0 Å². The number of aliphatic hydroxyl groups is 4. The summed E-state index contributed by atoms with van der Waals surface area (Å²) in [6.45, 7) is 3.24. The van der Waals surface area contributed by atoms with Crippen molar-refractivity contribution in [1.29, 1.82) is 0 Å².